The number of urea groups is 1. The maximum absolute atomic E-state index is 12.1. The minimum Gasteiger partial charge on any atom is -0.466 e. The molecule has 1 N–H and O–H groups in total. The Bertz CT molecular complexity index is 495. The van der Waals surface area contributed by atoms with E-state index in [0.717, 1.165) is 10.7 Å². The number of nitrogens with zero attached hydrogens (tertiary/aromatic N) is 2. The quantitative estimate of drug-likeness (QED) is 0.863. The number of rotatable bonds is 4. The van der Waals surface area contributed by atoms with Gasteiger partial charge in [-0.05, 0) is 26.7 Å². The highest BCUT2D eigenvalue weighted by Crippen LogP contribution is 2.18. The lowest BCUT2D eigenvalue weighted by atomic mass is 9.97. The van der Waals surface area contributed by atoms with Gasteiger partial charge in [-0.15, -0.1) is 11.3 Å². The molecule has 1 aromatic heterocycles. The highest BCUT2D eigenvalue weighted by Gasteiger charge is 2.28. The van der Waals surface area contributed by atoms with Crippen molar-refractivity contribution < 1.29 is 14.3 Å². The first-order valence-corrected chi connectivity index (χ1v) is 8.08. The number of hydrogen-bond acceptors (Lipinski definition) is 5. The molecule has 21 heavy (non-hydrogen) atoms. The average molecular weight is 311 g/mol. The van der Waals surface area contributed by atoms with Crippen LogP contribution in [0.2, 0.25) is 0 Å². The van der Waals surface area contributed by atoms with Gasteiger partial charge in [0.1, 0.15) is 0 Å². The Hall–Kier alpha value is -1.63. The number of carbonyl (C=O) groups is 2. The summed E-state index contributed by atoms with van der Waals surface area (Å²) in [5.74, 6) is -0.217. The van der Waals surface area contributed by atoms with Gasteiger partial charge in [-0.2, -0.15) is 0 Å². The molecule has 2 rings (SSSR count). The van der Waals surface area contributed by atoms with Crippen LogP contribution in [0.15, 0.2) is 5.38 Å². The van der Waals surface area contributed by atoms with Crippen LogP contribution >= 0.6 is 11.3 Å². The molecular formula is C14H21N3O3S. The summed E-state index contributed by atoms with van der Waals surface area (Å²) in [5, 5.41) is 5.81. The van der Waals surface area contributed by atoms with Crippen molar-refractivity contribution in [3.8, 4) is 0 Å². The van der Waals surface area contributed by atoms with Gasteiger partial charge in [0.15, 0.2) is 0 Å². The number of esters is 1. The molecule has 2 amide bonds. The number of amides is 2. The van der Waals surface area contributed by atoms with E-state index in [1.165, 1.54) is 0 Å². The summed E-state index contributed by atoms with van der Waals surface area (Å²) in [6.07, 6.45) is 1.34. The van der Waals surface area contributed by atoms with Crippen molar-refractivity contribution in [1.82, 2.24) is 15.2 Å². The number of thiazole rings is 1. The summed E-state index contributed by atoms with van der Waals surface area (Å²) in [7, 11) is 0. The first-order valence-electron chi connectivity index (χ1n) is 7.20. The number of nitrogens with one attached hydrogen (secondary N) is 1. The van der Waals surface area contributed by atoms with Crippen molar-refractivity contribution in [2.24, 2.45) is 5.92 Å². The zero-order valence-corrected chi connectivity index (χ0v) is 13.2. The van der Waals surface area contributed by atoms with Crippen molar-refractivity contribution in [1.29, 1.82) is 0 Å². The van der Waals surface area contributed by atoms with Crippen LogP contribution in [0.5, 0.6) is 0 Å². The molecule has 0 radical (unpaired) electrons. The van der Waals surface area contributed by atoms with Crippen LogP contribution in [0.4, 0.5) is 4.79 Å². The van der Waals surface area contributed by atoms with E-state index < -0.39 is 0 Å². The predicted octanol–water partition coefficient (Wildman–Crippen LogP) is 1.94. The largest absolute Gasteiger partial charge is 0.466 e. The molecule has 0 saturated carbocycles. The van der Waals surface area contributed by atoms with E-state index >= 15 is 0 Å². The lowest BCUT2D eigenvalue weighted by Gasteiger charge is -2.30. The lowest BCUT2D eigenvalue weighted by Crippen LogP contribution is -2.45. The molecule has 1 saturated heterocycles. The lowest BCUT2D eigenvalue weighted by molar-refractivity contribution is -0.149. The average Bonchev–Trinajstić information content (AvgIpc) is 2.91. The van der Waals surface area contributed by atoms with Crippen molar-refractivity contribution in [2.45, 2.75) is 33.2 Å². The third-order valence-electron chi connectivity index (χ3n) is 3.49. The number of likely N-dealkylation sites (tertiary alicyclic amines) is 1. The summed E-state index contributed by atoms with van der Waals surface area (Å²) in [6.45, 7) is 5.78. The number of hydrogen-bond donors (Lipinski definition) is 1. The van der Waals surface area contributed by atoms with E-state index in [9.17, 15) is 9.59 Å². The van der Waals surface area contributed by atoms with Gasteiger partial charge in [0, 0.05) is 18.5 Å². The van der Waals surface area contributed by atoms with Gasteiger partial charge in [-0.1, -0.05) is 0 Å². The predicted molar refractivity (Wildman–Crippen MR) is 80.0 cm³/mol. The second-order valence-electron chi connectivity index (χ2n) is 5.03. The minimum atomic E-state index is -0.143. The summed E-state index contributed by atoms with van der Waals surface area (Å²) >= 11 is 1.57. The Morgan fingerprint density at radius 2 is 2.19 bits per heavy atom. The van der Waals surface area contributed by atoms with Crippen LogP contribution in [0, 0.1) is 12.8 Å². The fraction of sp³-hybridized carbons (Fsp3) is 0.643. The van der Waals surface area contributed by atoms with Crippen LogP contribution < -0.4 is 5.32 Å². The van der Waals surface area contributed by atoms with Crippen LogP contribution in [0.3, 0.4) is 0 Å². The highest BCUT2D eigenvalue weighted by atomic mass is 32.1. The van der Waals surface area contributed by atoms with Crippen molar-refractivity contribution in [2.75, 3.05) is 19.7 Å². The second kappa shape index (κ2) is 7.40. The Morgan fingerprint density at radius 1 is 1.48 bits per heavy atom. The van der Waals surface area contributed by atoms with Gasteiger partial charge in [0.2, 0.25) is 0 Å². The summed E-state index contributed by atoms with van der Waals surface area (Å²) in [6, 6.07) is -0.0945. The van der Waals surface area contributed by atoms with Gasteiger partial charge in [0.25, 0.3) is 0 Å². The van der Waals surface area contributed by atoms with E-state index in [0.29, 0.717) is 39.1 Å². The van der Waals surface area contributed by atoms with Crippen molar-refractivity contribution in [3.05, 3.63) is 16.1 Å². The van der Waals surface area contributed by atoms with Crippen molar-refractivity contribution in [3.63, 3.8) is 0 Å². The van der Waals surface area contributed by atoms with Crippen molar-refractivity contribution >= 4 is 23.3 Å². The Morgan fingerprint density at radius 3 is 2.76 bits per heavy atom. The summed E-state index contributed by atoms with van der Waals surface area (Å²) < 4.78 is 5.02. The number of aryl methyl sites for hydroxylation is 1. The molecule has 1 aromatic rings. The molecule has 1 aliphatic heterocycles. The normalized spacial score (nSPS) is 15.8. The van der Waals surface area contributed by atoms with Gasteiger partial charge < -0.3 is 15.0 Å². The fourth-order valence-electron chi connectivity index (χ4n) is 2.35. The Kier molecular flexibility index (Phi) is 5.55. The topological polar surface area (TPSA) is 71.5 Å². The van der Waals surface area contributed by atoms with E-state index in [4.69, 9.17) is 4.74 Å². The first-order chi connectivity index (χ1) is 10.1. The molecule has 0 aromatic carbocycles. The number of aromatic nitrogens is 1. The second-order valence-corrected chi connectivity index (χ2v) is 6.09. The number of piperidine rings is 1. The van der Waals surface area contributed by atoms with E-state index in [2.05, 4.69) is 10.3 Å². The van der Waals surface area contributed by atoms with Crippen LogP contribution in [0.1, 0.15) is 30.5 Å². The molecule has 1 fully saturated rings. The maximum Gasteiger partial charge on any atom is 0.317 e. The van der Waals surface area contributed by atoms with Crippen LogP contribution in [-0.2, 0) is 16.1 Å². The highest BCUT2D eigenvalue weighted by molar-refractivity contribution is 7.09. The van der Waals surface area contributed by atoms with Gasteiger partial charge in [-0.25, -0.2) is 9.78 Å². The molecule has 0 aliphatic carbocycles. The molecule has 116 valence electrons. The molecule has 0 unspecified atom stereocenters. The van der Waals surface area contributed by atoms with Gasteiger partial charge in [0.05, 0.1) is 29.8 Å². The molecule has 0 bridgehead atoms. The van der Waals surface area contributed by atoms with Crippen LogP contribution in [-0.4, -0.2) is 41.6 Å². The number of carbonyl (C=O) groups excluding carboxylic acids is 2. The van der Waals surface area contributed by atoms with Gasteiger partial charge >= 0.3 is 12.0 Å². The minimum absolute atomic E-state index is 0.0739. The SMILES string of the molecule is CCOC(=O)C1CCN(C(=O)NCc2csc(C)n2)CC1. The van der Waals surface area contributed by atoms with Gasteiger partial charge in [-0.3, -0.25) is 4.79 Å². The smallest absolute Gasteiger partial charge is 0.317 e. The standard InChI is InChI=1S/C14H21N3O3S/c1-3-20-13(18)11-4-6-17(7-5-11)14(19)15-8-12-9-21-10(2)16-12/h9,11H,3-8H2,1-2H3,(H,15,19). The Labute approximate surface area is 128 Å². The van der Waals surface area contributed by atoms with Crippen LogP contribution in [0.25, 0.3) is 0 Å². The molecule has 6 nitrogen and oxygen atoms in total. The van der Waals surface area contributed by atoms with E-state index in [1.807, 2.05) is 12.3 Å². The third-order valence-corrected chi connectivity index (χ3v) is 4.31. The monoisotopic (exact) mass is 311 g/mol. The zero-order valence-electron chi connectivity index (χ0n) is 12.4. The Balaban J connectivity index is 1.74. The molecule has 0 spiro atoms. The fourth-order valence-corrected chi connectivity index (χ4v) is 2.96. The summed E-state index contributed by atoms with van der Waals surface area (Å²) in [4.78, 5) is 29.7. The third kappa shape index (κ3) is 4.42. The first kappa shape index (κ1) is 15.8. The summed E-state index contributed by atoms with van der Waals surface area (Å²) in [5.41, 5.74) is 0.882. The molecule has 1 aliphatic rings. The van der Waals surface area contributed by atoms with E-state index in [-0.39, 0.29) is 17.9 Å². The number of ether oxygens (including phenoxy) is 1. The molecule has 0 atom stereocenters. The molecular weight excluding hydrogens is 290 g/mol. The molecule has 2 heterocycles. The maximum atomic E-state index is 12.1. The zero-order chi connectivity index (χ0) is 15.2. The molecule has 7 heteroatoms. The van der Waals surface area contributed by atoms with E-state index in [1.54, 1.807) is 23.2 Å².